The van der Waals surface area contributed by atoms with Gasteiger partial charge in [0.15, 0.2) is 11.2 Å². The molecule has 2 atom stereocenters. The van der Waals surface area contributed by atoms with Gasteiger partial charge >= 0.3 is 5.69 Å². The van der Waals surface area contributed by atoms with E-state index in [0.29, 0.717) is 32.2 Å². The first-order valence-corrected chi connectivity index (χ1v) is 12.7. The Labute approximate surface area is 213 Å². The van der Waals surface area contributed by atoms with Gasteiger partial charge in [0.1, 0.15) is 5.82 Å². The molecule has 4 aromatic rings. The summed E-state index contributed by atoms with van der Waals surface area (Å²) in [6.07, 6.45) is 3.56. The number of amides is 1. The number of likely N-dealkylation sites (tertiary alicyclic amines) is 1. The van der Waals surface area contributed by atoms with Crippen LogP contribution in [0, 0.1) is 0 Å². The molecule has 1 amide bonds. The van der Waals surface area contributed by atoms with E-state index in [1.807, 2.05) is 18.2 Å². The lowest BCUT2D eigenvalue weighted by Gasteiger charge is -2.43. The molecule has 1 aromatic carbocycles. The third-order valence-corrected chi connectivity index (χ3v) is 7.70. The zero-order valence-electron chi connectivity index (χ0n) is 21.7. The van der Waals surface area contributed by atoms with Crippen molar-refractivity contribution in [2.24, 2.45) is 14.1 Å². The van der Waals surface area contributed by atoms with Crippen LogP contribution in [-0.4, -0.2) is 62.8 Å². The number of hydrogen-bond acceptors (Lipinski definition) is 6. The van der Waals surface area contributed by atoms with Gasteiger partial charge < -0.3 is 19.1 Å². The van der Waals surface area contributed by atoms with Crippen molar-refractivity contribution in [3.63, 3.8) is 0 Å². The van der Waals surface area contributed by atoms with E-state index in [2.05, 4.69) is 22.5 Å². The Bertz CT molecular complexity index is 1610. The maximum absolute atomic E-state index is 13.2. The first-order valence-electron chi connectivity index (χ1n) is 12.7. The van der Waals surface area contributed by atoms with Gasteiger partial charge in [-0.25, -0.2) is 14.8 Å². The Balaban J connectivity index is 1.34. The molecule has 4 heterocycles. The fraction of sp³-hybridized carbons (Fsp3) is 0.500. The zero-order valence-corrected chi connectivity index (χ0v) is 21.7. The Hall–Kier alpha value is -3.73. The lowest BCUT2D eigenvalue weighted by atomic mass is 9.88. The molecular formula is C26H33N7O4. The van der Waals surface area contributed by atoms with Crippen molar-refractivity contribution in [3.8, 4) is 0 Å². The molecule has 1 aliphatic heterocycles. The maximum Gasteiger partial charge on any atom is 0.332 e. The Morgan fingerprint density at radius 3 is 2.70 bits per heavy atom. The van der Waals surface area contributed by atoms with Crippen molar-refractivity contribution in [1.82, 2.24) is 33.1 Å². The molecule has 0 bridgehead atoms. The highest BCUT2D eigenvalue weighted by molar-refractivity contribution is 5.77. The first-order chi connectivity index (χ1) is 17.6. The number of benzene rings is 1. The van der Waals surface area contributed by atoms with E-state index in [0.717, 1.165) is 28.0 Å². The zero-order chi connectivity index (χ0) is 26.5. The number of nitrogens with zero attached hydrogens (tertiary/aromatic N) is 7. The van der Waals surface area contributed by atoms with Gasteiger partial charge in [0.25, 0.3) is 5.56 Å². The minimum absolute atomic E-state index is 0.00406. The van der Waals surface area contributed by atoms with Gasteiger partial charge in [-0.2, -0.15) is 0 Å². The van der Waals surface area contributed by atoms with Crippen LogP contribution in [0.1, 0.15) is 45.0 Å². The second-order valence-corrected chi connectivity index (χ2v) is 10.1. The van der Waals surface area contributed by atoms with Gasteiger partial charge in [-0.05, 0) is 38.8 Å². The quantitative estimate of drug-likeness (QED) is 0.421. The van der Waals surface area contributed by atoms with Crippen LogP contribution in [0.15, 0.2) is 40.2 Å². The van der Waals surface area contributed by atoms with E-state index >= 15 is 0 Å². The summed E-state index contributed by atoms with van der Waals surface area (Å²) in [7, 11) is 2.98. The van der Waals surface area contributed by atoms with E-state index in [9.17, 15) is 19.5 Å². The molecule has 11 nitrogen and oxygen atoms in total. The van der Waals surface area contributed by atoms with Crippen LogP contribution in [0.25, 0.3) is 22.2 Å². The number of aliphatic hydroxyl groups is 1. The number of piperidine rings is 1. The van der Waals surface area contributed by atoms with Gasteiger partial charge in [-0.15, -0.1) is 0 Å². The van der Waals surface area contributed by atoms with Crippen molar-refractivity contribution in [2.45, 2.75) is 57.7 Å². The number of aryl methyl sites for hydroxylation is 3. The van der Waals surface area contributed by atoms with Gasteiger partial charge in [-0.3, -0.25) is 18.7 Å². The maximum atomic E-state index is 13.2. The van der Waals surface area contributed by atoms with Gasteiger partial charge in [0.2, 0.25) is 5.91 Å². The number of carbonyl (C=O) groups excluding carboxylic acids is 1. The molecule has 0 unspecified atom stereocenters. The summed E-state index contributed by atoms with van der Waals surface area (Å²) in [5, 5.41) is 11.2. The number of rotatable bonds is 6. The molecule has 1 saturated heterocycles. The predicted octanol–water partition coefficient (Wildman–Crippen LogP) is 1.35. The molecule has 196 valence electrons. The number of aromatic nitrogens is 6. The van der Waals surface area contributed by atoms with Gasteiger partial charge in [0, 0.05) is 46.6 Å². The van der Waals surface area contributed by atoms with E-state index in [1.54, 1.807) is 23.4 Å². The van der Waals surface area contributed by atoms with E-state index in [-0.39, 0.29) is 23.6 Å². The standard InChI is InChI=1S/C26H33N7O4/c1-5-32-18-10-7-6-9-17(18)28-20(32)11-8-12-21(34)31-14-13-26(2,37)19(15-31)33-16-27-23-22(33)24(35)30(4)25(36)29(23)3/h6-7,9-10,16,19,37H,5,8,11-15H2,1-4H3/t19-,26-/m0/s1. The van der Waals surface area contributed by atoms with Gasteiger partial charge in [0.05, 0.1) is 29.0 Å². The summed E-state index contributed by atoms with van der Waals surface area (Å²) < 4.78 is 6.16. The van der Waals surface area contributed by atoms with Crippen molar-refractivity contribution in [2.75, 3.05) is 13.1 Å². The molecule has 0 spiro atoms. The normalized spacial score (nSPS) is 20.2. The minimum atomic E-state index is -1.16. The summed E-state index contributed by atoms with van der Waals surface area (Å²) in [5.41, 5.74) is 0.455. The van der Waals surface area contributed by atoms with Crippen LogP contribution in [0.2, 0.25) is 0 Å². The lowest BCUT2D eigenvalue weighted by molar-refractivity contribution is -0.138. The fourth-order valence-corrected chi connectivity index (χ4v) is 5.46. The molecule has 1 aliphatic rings. The van der Waals surface area contributed by atoms with Crippen LogP contribution >= 0.6 is 0 Å². The molecule has 1 fully saturated rings. The van der Waals surface area contributed by atoms with Crippen LogP contribution < -0.4 is 11.2 Å². The van der Waals surface area contributed by atoms with Crippen LogP contribution in [-0.2, 0) is 31.9 Å². The smallest absolute Gasteiger partial charge is 0.332 e. The van der Waals surface area contributed by atoms with Crippen LogP contribution in [0.3, 0.4) is 0 Å². The van der Waals surface area contributed by atoms with Crippen molar-refractivity contribution < 1.29 is 9.90 Å². The molecule has 0 radical (unpaired) electrons. The van der Waals surface area contributed by atoms with Crippen molar-refractivity contribution in [3.05, 3.63) is 57.3 Å². The van der Waals surface area contributed by atoms with E-state index in [1.165, 1.54) is 17.9 Å². The van der Waals surface area contributed by atoms with Crippen molar-refractivity contribution in [1.29, 1.82) is 0 Å². The Morgan fingerprint density at radius 1 is 1.19 bits per heavy atom. The molecule has 1 N–H and O–H groups in total. The second kappa shape index (κ2) is 9.29. The summed E-state index contributed by atoms with van der Waals surface area (Å²) in [4.78, 5) is 49.3. The first kappa shape index (κ1) is 24.9. The largest absolute Gasteiger partial charge is 0.388 e. The average Bonchev–Trinajstić information content (AvgIpc) is 3.47. The van der Waals surface area contributed by atoms with Crippen LogP contribution in [0.4, 0.5) is 0 Å². The highest BCUT2D eigenvalue weighted by Gasteiger charge is 2.41. The third kappa shape index (κ3) is 4.16. The molecule has 0 aliphatic carbocycles. The highest BCUT2D eigenvalue weighted by atomic mass is 16.3. The van der Waals surface area contributed by atoms with Crippen molar-refractivity contribution >= 4 is 28.1 Å². The summed E-state index contributed by atoms with van der Waals surface area (Å²) in [6, 6.07) is 7.46. The monoisotopic (exact) mass is 507 g/mol. The summed E-state index contributed by atoms with van der Waals surface area (Å²) in [5.74, 6) is 0.978. The topological polar surface area (TPSA) is 120 Å². The Kier molecular flexibility index (Phi) is 6.26. The fourth-order valence-electron chi connectivity index (χ4n) is 5.46. The average molecular weight is 508 g/mol. The summed E-state index contributed by atoms with van der Waals surface area (Å²) in [6.45, 7) is 5.30. The predicted molar refractivity (Wildman–Crippen MR) is 139 cm³/mol. The molecule has 5 rings (SSSR count). The number of para-hydroxylation sites is 2. The number of carbonyl (C=O) groups is 1. The molecular weight excluding hydrogens is 474 g/mol. The molecule has 0 saturated carbocycles. The molecule has 11 heteroatoms. The number of fused-ring (bicyclic) bond motifs is 2. The summed E-state index contributed by atoms with van der Waals surface area (Å²) >= 11 is 0. The number of imidazole rings is 2. The Morgan fingerprint density at radius 2 is 1.95 bits per heavy atom. The lowest BCUT2D eigenvalue weighted by Crippen LogP contribution is -2.53. The SMILES string of the molecule is CCn1c(CCCC(=O)N2CC[C@](C)(O)[C@@H](n3cnc4c3c(=O)n(C)c(=O)n4C)C2)nc2ccccc21. The van der Waals surface area contributed by atoms with Gasteiger partial charge in [-0.1, -0.05) is 12.1 Å². The van der Waals surface area contributed by atoms with E-state index < -0.39 is 22.9 Å². The molecule has 37 heavy (non-hydrogen) atoms. The second-order valence-electron chi connectivity index (χ2n) is 10.1. The van der Waals surface area contributed by atoms with E-state index in [4.69, 9.17) is 4.98 Å². The number of hydrogen-bond donors (Lipinski definition) is 1. The molecule has 3 aromatic heterocycles. The third-order valence-electron chi connectivity index (χ3n) is 7.70. The highest BCUT2D eigenvalue weighted by Crippen LogP contribution is 2.33. The minimum Gasteiger partial charge on any atom is -0.388 e. The van der Waals surface area contributed by atoms with Crippen LogP contribution in [0.5, 0.6) is 0 Å².